The zero-order valence-corrected chi connectivity index (χ0v) is 23.3. The average Bonchev–Trinajstić information content (AvgIpc) is 3.30. The van der Waals surface area contributed by atoms with Gasteiger partial charge in [-0.15, -0.1) is 0 Å². The molecule has 1 aliphatic rings. The van der Waals surface area contributed by atoms with E-state index in [4.69, 9.17) is 9.97 Å². The number of aromatic nitrogens is 3. The quantitative estimate of drug-likeness (QED) is 0.222. The van der Waals surface area contributed by atoms with Crippen molar-refractivity contribution in [2.45, 2.75) is 16.7 Å². The molecule has 0 fully saturated rings. The van der Waals surface area contributed by atoms with Crippen LogP contribution in [0.5, 0.6) is 0 Å². The molecular formula is C37H25N3S. The van der Waals surface area contributed by atoms with E-state index in [0.29, 0.717) is 5.82 Å². The normalized spacial score (nSPS) is 11.9. The summed E-state index contributed by atoms with van der Waals surface area (Å²) < 4.78 is 2.35. The molecule has 41 heavy (non-hydrogen) atoms. The van der Waals surface area contributed by atoms with Gasteiger partial charge in [0.15, 0.2) is 5.82 Å². The summed E-state index contributed by atoms with van der Waals surface area (Å²) in [7, 11) is 0. The summed E-state index contributed by atoms with van der Waals surface area (Å²) >= 11 is 1.84. The van der Waals surface area contributed by atoms with Gasteiger partial charge in [-0.05, 0) is 30.7 Å². The molecule has 3 nitrogen and oxygen atoms in total. The summed E-state index contributed by atoms with van der Waals surface area (Å²) in [5.74, 6) is 1.56. The molecule has 0 saturated heterocycles. The number of hydrogen-bond donors (Lipinski definition) is 0. The van der Waals surface area contributed by atoms with Crippen LogP contribution in [-0.4, -0.2) is 14.5 Å². The first-order chi connectivity index (χ1) is 20.2. The highest BCUT2D eigenvalue weighted by atomic mass is 32.2. The largest absolute Gasteiger partial charge is 0.293 e. The number of para-hydroxylation sites is 1. The molecule has 0 spiro atoms. The fourth-order valence-corrected chi connectivity index (χ4v) is 6.89. The van der Waals surface area contributed by atoms with Crippen LogP contribution in [0.1, 0.15) is 5.56 Å². The second-order valence-corrected chi connectivity index (χ2v) is 11.4. The molecule has 0 radical (unpaired) electrons. The number of aryl methyl sites for hydroxylation is 1. The van der Waals surface area contributed by atoms with Gasteiger partial charge in [0.2, 0.25) is 0 Å². The smallest absolute Gasteiger partial charge is 0.162 e. The topological polar surface area (TPSA) is 30.7 Å². The lowest BCUT2D eigenvalue weighted by atomic mass is 9.97. The predicted molar refractivity (Wildman–Crippen MR) is 169 cm³/mol. The number of fused-ring (bicyclic) bond motifs is 7. The Labute approximate surface area is 243 Å². The molecule has 1 aliphatic heterocycles. The number of rotatable bonds is 3. The Kier molecular flexibility index (Phi) is 5.61. The van der Waals surface area contributed by atoms with Gasteiger partial charge in [0.25, 0.3) is 0 Å². The van der Waals surface area contributed by atoms with Crippen molar-refractivity contribution in [1.29, 1.82) is 0 Å². The Morgan fingerprint density at radius 3 is 2.10 bits per heavy atom. The van der Waals surface area contributed by atoms with Gasteiger partial charge in [-0.1, -0.05) is 127 Å². The summed E-state index contributed by atoms with van der Waals surface area (Å²) in [6.07, 6.45) is 0. The van der Waals surface area contributed by atoms with Gasteiger partial charge in [0.05, 0.1) is 16.9 Å². The summed E-state index contributed by atoms with van der Waals surface area (Å²) in [5.41, 5.74) is 10.2. The third kappa shape index (κ3) is 3.99. The lowest BCUT2D eigenvalue weighted by molar-refractivity contribution is 1.02. The second kappa shape index (κ2) is 9.61. The van der Waals surface area contributed by atoms with Crippen molar-refractivity contribution >= 4 is 22.7 Å². The summed E-state index contributed by atoms with van der Waals surface area (Å²) in [6.45, 7) is 2.17. The van der Waals surface area contributed by atoms with E-state index in [1.807, 2.05) is 36.0 Å². The van der Waals surface area contributed by atoms with E-state index in [1.54, 1.807) is 0 Å². The molecule has 7 aromatic rings. The van der Waals surface area contributed by atoms with E-state index in [-0.39, 0.29) is 0 Å². The van der Waals surface area contributed by atoms with Crippen molar-refractivity contribution in [2.75, 3.05) is 0 Å². The second-order valence-electron chi connectivity index (χ2n) is 10.3. The maximum absolute atomic E-state index is 5.25. The van der Waals surface area contributed by atoms with Gasteiger partial charge in [0, 0.05) is 43.5 Å². The molecule has 0 amide bonds. The molecule has 0 unspecified atom stereocenters. The molecule has 8 rings (SSSR count). The van der Waals surface area contributed by atoms with Crippen LogP contribution in [0.4, 0.5) is 0 Å². The zero-order chi connectivity index (χ0) is 27.3. The molecule has 0 bridgehead atoms. The highest BCUT2D eigenvalue weighted by Gasteiger charge is 2.28. The van der Waals surface area contributed by atoms with E-state index in [9.17, 15) is 0 Å². The van der Waals surface area contributed by atoms with Gasteiger partial charge < -0.3 is 0 Å². The average molecular weight is 544 g/mol. The summed E-state index contributed by atoms with van der Waals surface area (Å²) in [5, 5.41) is 1.22. The molecule has 0 atom stereocenters. The molecule has 3 heterocycles. The Morgan fingerprint density at radius 1 is 0.585 bits per heavy atom. The van der Waals surface area contributed by atoms with Crippen LogP contribution in [0, 0.1) is 6.92 Å². The van der Waals surface area contributed by atoms with Crippen LogP contribution in [0.3, 0.4) is 0 Å². The molecule has 4 heteroatoms. The van der Waals surface area contributed by atoms with Crippen molar-refractivity contribution in [1.82, 2.24) is 14.5 Å². The van der Waals surface area contributed by atoms with Crippen LogP contribution in [-0.2, 0) is 0 Å². The maximum Gasteiger partial charge on any atom is 0.162 e. The fraction of sp³-hybridized carbons (Fsp3) is 0.0270. The van der Waals surface area contributed by atoms with Crippen molar-refractivity contribution in [2.24, 2.45) is 0 Å². The van der Waals surface area contributed by atoms with Gasteiger partial charge >= 0.3 is 0 Å². The first-order valence-corrected chi connectivity index (χ1v) is 14.6. The Hall–Kier alpha value is -4.93. The van der Waals surface area contributed by atoms with Crippen LogP contribution < -0.4 is 0 Å². The monoisotopic (exact) mass is 543 g/mol. The van der Waals surface area contributed by atoms with Crippen LogP contribution in [0.2, 0.25) is 0 Å². The standard InChI is InChI=1S/C37H25N3S/c1-24-20-21-33-29(22-24)35-27-16-8-10-18-31(27)40(36(35)28-17-9-11-19-32(28)41-33)34-23-30(25-12-4-2-5-13-25)38-37(39-34)26-14-6-3-7-15-26/h2-23H,1H3. The third-order valence-electron chi connectivity index (χ3n) is 7.68. The number of hydrogen-bond acceptors (Lipinski definition) is 3. The van der Waals surface area contributed by atoms with Crippen LogP contribution >= 0.6 is 11.8 Å². The van der Waals surface area contributed by atoms with Crippen molar-refractivity contribution in [3.63, 3.8) is 0 Å². The zero-order valence-electron chi connectivity index (χ0n) is 22.5. The first kappa shape index (κ1) is 23.9. The van der Waals surface area contributed by atoms with Crippen molar-refractivity contribution in [3.05, 3.63) is 139 Å². The first-order valence-electron chi connectivity index (χ1n) is 13.8. The Morgan fingerprint density at radius 2 is 1.27 bits per heavy atom. The minimum absolute atomic E-state index is 0.709. The highest BCUT2D eigenvalue weighted by molar-refractivity contribution is 7.99. The summed E-state index contributed by atoms with van der Waals surface area (Å²) in [4.78, 5) is 12.8. The fourth-order valence-electron chi connectivity index (χ4n) is 5.83. The molecule has 194 valence electrons. The molecule has 0 saturated carbocycles. The Bertz CT molecular complexity index is 2020. The van der Waals surface area contributed by atoms with Gasteiger partial charge in [0.1, 0.15) is 5.82 Å². The number of benzene rings is 5. The SMILES string of the molecule is Cc1ccc2c(c1)-c1c(n(-c3cc(-c4ccccc4)nc(-c4ccccc4)n3)c3ccccc13)-c1ccccc1S2. The lowest BCUT2D eigenvalue weighted by Crippen LogP contribution is -2.04. The van der Waals surface area contributed by atoms with Crippen molar-refractivity contribution in [3.8, 4) is 50.8 Å². The minimum Gasteiger partial charge on any atom is -0.293 e. The van der Waals surface area contributed by atoms with Gasteiger partial charge in [-0.2, -0.15) is 0 Å². The molecule has 0 aliphatic carbocycles. The van der Waals surface area contributed by atoms with Crippen LogP contribution in [0.15, 0.2) is 143 Å². The van der Waals surface area contributed by atoms with E-state index < -0.39 is 0 Å². The Balaban J connectivity index is 1.52. The molecule has 0 N–H and O–H groups in total. The predicted octanol–water partition coefficient (Wildman–Crippen LogP) is 9.86. The van der Waals surface area contributed by atoms with E-state index >= 15 is 0 Å². The van der Waals surface area contributed by atoms with E-state index in [2.05, 4.69) is 121 Å². The van der Waals surface area contributed by atoms with Gasteiger partial charge in [-0.3, -0.25) is 4.57 Å². The summed E-state index contributed by atoms with van der Waals surface area (Å²) in [6, 6.07) is 47.0. The third-order valence-corrected chi connectivity index (χ3v) is 8.84. The molecule has 5 aromatic carbocycles. The van der Waals surface area contributed by atoms with Crippen molar-refractivity contribution < 1.29 is 0 Å². The maximum atomic E-state index is 5.25. The number of nitrogens with zero attached hydrogens (tertiary/aromatic N) is 3. The van der Waals surface area contributed by atoms with Gasteiger partial charge in [-0.25, -0.2) is 9.97 Å². The van der Waals surface area contributed by atoms with E-state index in [0.717, 1.165) is 33.8 Å². The molecular weight excluding hydrogens is 518 g/mol. The minimum atomic E-state index is 0.709. The van der Waals surface area contributed by atoms with Crippen LogP contribution in [0.25, 0.3) is 61.8 Å². The lowest BCUT2D eigenvalue weighted by Gasteiger charge is -2.15. The van der Waals surface area contributed by atoms with E-state index in [1.165, 1.54) is 37.4 Å². The molecule has 2 aromatic heterocycles. The highest BCUT2D eigenvalue weighted by Crippen LogP contribution is 2.52.